The van der Waals surface area contributed by atoms with Gasteiger partial charge in [0.25, 0.3) is 0 Å². The Morgan fingerprint density at radius 1 is 1.12 bits per heavy atom. The van der Waals surface area contributed by atoms with Crippen LogP contribution in [0.4, 0.5) is 4.39 Å². The zero-order valence-corrected chi connectivity index (χ0v) is 9.98. The predicted octanol–water partition coefficient (Wildman–Crippen LogP) is 4.24. The van der Waals surface area contributed by atoms with Crippen LogP contribution in [0.2, 0.25) is 15.3 Å². The topological polar surface area (TPSA) is 25.8 Å². The van der Waals surface area contributed by atoms with Crippen LogP contribution in [-0.2, 0) is 0 Å². The van der Waals surface area contributed by atoms with E-state index in [2.05, 4.69) is 9.97 Å². The molecule has 0 aliphatic heterocycles. The molecule has 2 nitrogen and oxygen atoms in total. The molecule has 1 heterocycles. The van der Waals surface area contributed by atoms with Crippen molar-refractivity contribution in [2.24, 2.45) is 0 Å². The molecule has 82 valence electrons. The normalized spacial score (nSPS) is 10.5. The van der Waals surface area contributed by atoms with E-state index in [1.165, 1.54) is 0 Å². The summed E-state index contributed by atoms with van der Waals surface area (Å²) >= 11 is 17.4. The Labute approximate surface area is 106 Å². The van der Waals surface area contributed by atoms with E-state index in [9.17, 15) is 4.39 Å². The molecule has 0 N–H and O–H groups in total. The lowest BCUT2D eigenvalue weighted by Crippen LogP contribution is -1.93. The van der Waals surface area contributed by atoms with Gasteiger partial charge in [-0.3, -0.25) is 0 Å². The van der Waals surface area contributed by atoms with Crippen LogP contribution in [0.1, 0.15) is 0 Å². The minimum atomic E-state index is -0.603. The molecule has 1 aromatic heterocycles. The minimum absolute atomic E-state index is 0.0347. The average Bonchev–Trinajstić information content (AvgIpc) is 2.26. The Morgan fingerprint density at radius 2 is 1.88 bits per heavy atom. The highest BCUT2D eigenvalue weighted by Gasteiger charge is 2.13. The summed E-state index contributed by atoms with van der Waals surface area (Å²) in [5, 5.41) is 0.513. The summed E-state index contributed by atoms with van der Waals surface area (Å²) in [6.07, 6.45) is 0.988. The van der Waals surface area contributed by atoms with Gasteiger partial charge in [-0.25, -0.2) is 14.4 Å². The van der Waals surface area contributed by atoms with Crippen molar-refractivity contribution in [2.75, 3.05) is 0 Å². The van der Waals surface area contributed by atoms with E-state index in [0.29, 0.717) is 10.6 Å². The van der Waals surface area contributed by atoms with Gasteiger partial charge in [0.05, 0.1) is 16.2 Å². The molecule has 0 fully saturated rings. The molecule has 0 radical (unpaired) electrons. The summed E-state index contributed by atoms with van der Waals surface area (Å²) in [4.78, 5) is 7.30. The maximum Gasteiger partial charge on any atom is 0.223 e. The fraction of sp³-hybridized carbons (Fsp3) is 0. The maximum atomic E-state index is 13.5. The van der Waals surface area contributed by atoms with Crippen LogP contribution in [-0.4, -0.2) is 9.97 Å². The maximum absolute atomic E-state index is 13.5. The summed E-state index contributed by atoms with van der Waals surface area (Å²) < 4.78 is 13.5. The van der Waals surface area contributed by atoms with Crippen LogP contribution >= 0.6 is 34.8 Å². The zero-order valence-electron chi connectivity index (χ0n) is 7.72. The number of rotatable bonds is 1. The highest BCUT2D eigenvalue weighted by Crippen LogP contribution is 2.33. The van der Waals surface area contributed by atoms with E-state index < -0.39 is 5.82 Å². The molecular weight excluding hydrogens is 273 g/mol. The van der Waals surface area contributed by atoms with E-state index in [4.69, 9.17) is 34.8 Å². The van der Waals surface area contributed by atoms with Gasteiger partial charge in [-0.1, -0.05) is 35.3 Å². The first-order chi connectivity index (χ1) is 7.59. The van der Waals surface area contributed by atoms with Gasteiger partial charge in [0, 0.05) is 5.56 Å². The summed E-state index contributed by atoms with van der Waals surface area (Å²) in [7, 11) is 0. The highest BCUT2D eigenvalue weighted by molar-refractivity contribution is 6.43. The van der Waals surface area contributed by atoms with Gasteiger partial charge in [-0.05, 0) is 17.7 Å². The van der Waals surface area contributed by atoms with Gasteiger partial charge in [-0.2, -0.15) is 0 Å². The van der Waals surface area contributed by atoms with Crippen LogP contribution in [0.5, 0.6) is 0 Å². The number of benzene rings is 1. The fourth-order valence-electron chi connectivity index (χ4n) is 1.22. The first-order valence-corrected chi connectivity index (χ1v) is 5.35. The summed E-state index contributed by atoms with van der Waals surface area (Å²) in [6.45, 7) is 0. The van der Waals surface area contributed by atoms with Gasteiger partial charge >= 0.3 is 0 Å². The van der Waals surface area contributed by atoms with E-state index in [1.54, 1.807) is 18.2 Å². The largest absolute Gasteiger partial charge is 0.223 e. The van der Waals surface area contributed by atoms with Crippen molar-refractivity contribution >= 4 is 34.8 Å². The van der Waals surface area contributed by atoms with Crippen molar-refractivity contribution in [2.45, 2.75) is 0 Å². The number of nitrogens with zero attached hydrogens (tertiary/aromatic N) is 2. The Bertz CT molecular complexity index is 546. The van der Waals surface area contributed by atoms with Crippen molar-refractivity contribution in [3.63, 3.8) is 0 Å². The second kappa shape index (κ2) is 4.53. The lowest BCUT2D eigenvalue weighted by atomic mass is 10.1. The van der Waals surface area contributed by atoms with Crippen LogP contribution < -0.4 is 0 Å². The van der Waals surface area contributed by atoms with Crippen molar-refractivity contribution < 1.29 is 4.39 Å². The smallest absolute Gasteiger partial charge is 0.223 e. The first-order valence-electron chi connectivity index (χ1n) is 4.22. The SMILES string of the molecule is Fc1cnc(Cl)nc1-c1cccc(Cl)c1Cl. The Morgan fingerprint density at radius 3 is 2.62 bits per heavy atom. The quantitative estimate of drug-likeness (QED) is 0.729. The fourth-order valence-corrected chi connectivity index (χ4v) is 1.74. The summed E-state index contributed by atoms with van der Waals surface area (Å²) in [6, 6.07) is 4.86. The molecule has 0 bridgehead atoms. The van der Waals surface area contributed by atoms with Gasteiger partial charge in [-0.15, -0.1) is 0 Å². The van der Waals surface area contributed by atoms with Crippen LogP contribution in [0.25, 0.3) is 11.3 Å². The Kier molecular flexibility index (Phi) is 3.28. The molecule has 2 aromatic rings. The molecule has 6 heteroatoms. The van der Waals surface area contributed by atoms with Crippen molar-refractivity contribution in [1.82, 2.24) is 9.97 Å². The van der Waals surface area contributed by atoms with E-state index in [-0.39, 0.29) is 16.0 Å². The summed E-state index contributed by atoms with van der Waals surface area (Å²) in [5.74, 6) is -0.603. The lowest BCUT2D eigenvalue weighted by Gasteiger charge is -2.05. The lowest BCUT2D eigenvalue weighted by molar-refractivity contribution is 0.618. The third-order valence-electron chi connectivity index (χ3n) is 1.92. The molecule has 0 atom stereocenters. The molecule has 0 aliphatic rings. The molecular formula is C10H4Cl3FN2. The third kappa shape index (κ3) is 2.12. The van der Waals surface area contributed by atoms with Crippen molar-refractivity contribution in [3.8, 4) is 11.3 Å². The minimum Gasteiger partial charge on any atom is -0.223 e. The number of hydrogen-bond donors (Lipinski definition) is 0. The molecule has 0 saturated heterocycles. The molecule has 0 amide bonds. The average molecular weight is 278 g/mol. The molecule has 0 unspecified atom stereocenters. The Balaban J connectivity index is 2.67. The van der Waals surface area contributed by atoms with Gasteiger partial charge in [0.1, 0.15) is 5.69 Å². The third-order valence-corrected chi connectivity index (χ3v) is 2.92. The molecule has 16 heavy (non-hydrogen) atoms. The van der Waals surface area contributed by atoms with Gasteiger partial charge < -0.3 is 0 Å². The predicted molar refractivity (Wildman–Crippen MR) is 62.5 cm³/mol. The van der Waals surface area contributed by atoms with E-state index in [0.717, 1.165) is 6.20 Å². The van der Waals surface area contributed by atoms with Crippen molar-refractivity contribution in [3.05, 3.63) is 45.5 Å². The van der Waals surface area contributed by atoms with Crippen LogP contribution in [0, 0.1) is 5.82 Å². The Hall–Kier alpha value is -0.900. The van der Waals surface area contributed by atoms with Crippen LogP contribution in [0.3, 0.4) is 0 Å². The van der Waals surface area contributed by atoms with E-state index in [1.807, 2.05) is 0 Å². The second-order valence-electron chi connectivity index (χ2n) is 2.94. The van der Waals surface area contributed by atoms with Crippen molar-refractivity contribution in [1.29, 1.82) is 0 Å². The highest BCUT2D eigenvalue weighted by atomic mass is 35.5. The summed E-state index contributed by atoms with van der Waals surface area (Å²) in [5.41, 5.74) is 0.420. The monoisotopic (exact) mass is 276 g/mol. The molecule has 0 aliphatic carbocycles. The van der Waals surface area contributed by atoms with Gasteiger partial charge in [0.2, 0.25) is 5.28 Å². The number of aromatic nitrogens is 2. The standard InChI is InChI=1S/C10H4Cl3FN2/c11-6-3-1-2-5(8(6)12)9-7(14)4-15-10(13)16-9/h1-4H. The first kappa shape index (κ1) is 11.6. The van der Waals surface area contributed by atoms with Crippen LogP contribution in [0.15, 0.2) is 24.4 Å². The zero-order chi connectivity index (χ0) is 11.7. The number of hydrogen-bond acceptors (Lipinski definition) is 2. The number of halogens is 4. The molecule has 2 rings (SSSR count). The van der Waals surface area contributed by atoms with Gasteiger partial charge in [0.15, 0.2) is 5.82 Å². The second-order valence-corrected chi connectivity index (χ2v) is 4.06. The molecule has 0 saturated carbocycles. The molecule has 1 aromatic carbocycles. The molecule has 0 spiro atoms. The van der Waals surface area contributed by atoms with E-state index >= 15 is 0 Å².